The fourth-order valence-corrected chi connectivity index (χ4v) is 5.09. The number of hydrogen-bond donors (Lipinski definition) is 1. The van der Waals surface area contributed by atoms with E-state index in [9.17, 15) is 35.9 Å². The minimum absolute atomic E-state index is 0.0831. The molecule has 5 nitrogen and oxygen atoms in total. The third-order valence-electron chi connectivity index (χ3n) is 5.90. The van der Waals surface area contributed by atoms with Crippen molar-refractivity contribution in [1.82, 2.24) is 9.88 Å². The molecular formula is C27H21F6N3O2S. The normalized spacial score (nSPS) is 13.5. The molecule has 0 spiro atoms. The van der Waals surface area contributed by atoms with E-state index in [0.717, 1.165) is 41.2 Å². The first-order valence-corrected chi connectivity index (χ1v) is 12.4. The molecule has 204 valence electrons. The summed E-state index contributed by atoms with van der Waals surface area (Å²) in [6, 6.07) is 12.8. The summed E-state index contributed by atoms with van der Waals surface area (Å²) in [7, 11) is 0. The molecule has 0 radical (unpaired) electrons. The quantitative estimate of drug-likeness (QED) is 0.275. The van der Waals surface area contributed by atoms with Crippen molar-refractivity contribution < 1.29 is 35.9 Å². The number of thiazole rings is 1. The lowest BCUT2D eigenvalue weighted by atomic mass is 10.1. The van der Waals surface area contributed by atoms with Gasteiger partial charge in [0, 0.05) is 12.1 Å². The minimum atomic E-state index is -4.64. The lowest BCUT2D eigenvalue weighted by molar-refractivity contribution is -0.138. The van der Waals surface area contributed by atoms with Crippen LogP contribution in [0.15, 0.2) is 71.7 Å². The second-order valence-electron chi connectivity index (χ2n) is 8.81. The largest absolute Gasteiger partial charge is 0.416 e. The van der Waals surface area contributed by atoms with Gasteiger partial charge in [-0.15, -0.1) is 0 Å². The standard InChI is InChI=1S/C27H21F6N3O2S/c1-15-9-10-21-22(11-15)39-25(35-24(38)18-6-4-8-20(13-18)27(31,32)33)36(21)16(2)23(37)34-14-17-5-3-7-19(12-17)26(28,29)30/h3-13,16H,14H2,1-2H3,(H,34,37)/t16-/m0/s1. The summed E-state index contributed by atoms with van der Waals surface area (Å²) in [4.78, 5) is 30.1. The van der Waals surface area contributed by atoms with E-state index < -0.39 is 41.3 Å². The third kappa shape index (κ3) is 6.39. The number of aryl methyl sites for hydroxylation is 1. The van der Waals surface area contributed by atoms with Crippen LogP contribution in [-0.2, 0) is 23.7 Å². The number of hydrogen-bond acceptors (Lipinski definition) is 3. The summed E-state index contributed by atoms with van der Waals surface area (Å²) in [6.45, 7) is 3.20. The zero-order chi connectivity index (χ0) is 28.5. The van der Waals surface area contributed by atoms with E-state index in [1.54, 1.807) is 12.1 Å². The highest BCUT2D eigenvalue weighted by atomic mass is 32.1. The summed E-state index contributed by atoms with van der Waals surface area (Å²) < 4.78 is 80.6. The molecule has 12 heteroatoms. The Balaban J connectivity index is 1.68. The molecule has 39 heavy (non-hydrogen) atoms. The van der Waals surface area contributed by atoms with Crippen LogP contribution < -0.4 is 10.1 Å². The first-order valence-electron chi connectivity index (χ1n) is 11.6. The molecule has 2 amide bonds. The number of alkyl halides is 6. The number of benzene rings is 3. The predicted octanol–water partition coefficient (Wildman–Crippen LogP) is 6.67. The van der Waals surface area contributed by atoms with Gasteiger partial charge in [0.05, 0.1) is 21.3 Å². The van der Waals surface area contributed by atoms with E-state index in [0.29, 0.717) is 16.3 Å². The van der Waals surface area contributed by atoms with Crippen molar-refractivity contribution in [3.05, 3.63) is 99.3 Å². The number of rotatable bonds is 5. The van der Waals surface area contributed by atoms with Crippen LogP contribution in [0.5, 0.6) is 0 Å². The van der Waals surface area contributed by atoms with E-state index in [2.05, 4.69) is 10.3 Å². The van der Waals surface area contributed by atoms with Gasteiger partial charge in [-0.05, 0) is 67.4 Å². The van der Waals surface area contributed by atoms with Gasteiger partial charge in [0.1, 0.15) is 6.04 Å². The van der Waals surface area contributed by atoms with Crippen molar-refractivity contribution in [3.63, 3.8) is 0 Å². The molecule has 1 atom stereocenters. The molecule has 0 saturated carbocycles. The van der Waals surface area contributed by atoms with Gasteiger partial charge in [-0.25, -0.2) is 0 Å². The summed E-state index contributed by atoms with van der Waals surface area (Å²) in [5.41, 5.74) is -0.413. The van der Waals surface area contributed by atoms with Gasteiger partial charge >= 0.3 is 12.4 Å². The molecule has 0 unspecified atom stereocenters. The average Bonchev–Trinajstić information content (AvgIpc) is 3.22. The third-order valence-corrected chi connectivity index (χ3v) is 6.92. The molecule has 0 aliphatic rings. The molecule has 3 aromatic carbocycles. The highest BCUT2D eigenvalue weighted by molar-refractivity contribution is 7.16. The van der Waals surface area contributed by atoms with Crippen molar-refractivity contribution in [2.45, 2.75) is 38.8 Å². The number of fused-ring (bicyclic) bond motifs is 1. The van der Waals surface area contributed by atoms with Gasteiger partial charge in [-0.3, -0.25) is 9.59 Å². The fourth-order valence-electron chi connectivity index (χ4n) is 3.90. The van der Waals surface area contributed by atoms with Crippen molar-refractivity contribution in [2.24, 2.45) is 4.99 Å². The van der Waals surface area contributed by atoms with E-state index >= 15 is 0 Å². The number of halogens is 6. The van der Waals surface area contributed by atoms with Crippen molar-refractivity contribution >= 4 is 33.4 Å². The summed E-state index contributed by atoms with van der Waals surface area (Å²) >= 11 is 1.08. The molecule has 1 N–H and O–H groups in total. The van der Waals surface area contributed by atoms with Crippen LogP contribution in [-0.4, -0.2) is 16.4 Å². The SMILES string of the molecule is Cc1ccc2c(c1)sc(=NC(=O)c1cccc(C(F)(F)F)c1)n2[C@@H](C)C(=O)NCc1cccc(C(F)(F)F)c1. The van der Waals surface area contributed by atoms with Crippen LogP contribution in [0, 0.1) is 6.92 Å². The Kier molecular flexibility index (Phi) is 7.69. The molecule has 0 bridgehead atoms. The number of nitrogens with zero attached hydrogens (tertiary/aromatic N) is 2. The van der Waals surface area contributed by atoms with Gasteiger partial charge in [0.15, 0.2) is 4.80 Å². The Hall–Kier alpha value is -3.93. The van der Waals surface area contributed by atoms with Crippen molar-refractivity contribution in [2.75, 3.05) is 0 Å². The van der Waals surface area contributed by atoms with E-state index in [1.165, 1.54) is 29.7 Å². The molecule has 0 fully saturated rings. The Labute approximate surface area is 222 Å². The van der Waals surface area contributed by atoms with Crippen LogP contribution in [0.1, 0.15) is 45.6 Å². The number of carbonyl (C=O) groups excluding carboxylic acids is 2. The number of aromatic nitrogens is 1. The first-order chi connectivity index (χ1) is 18.2. The van der Waals surface area contributed by atoms with Crippen LogP contribution >= 0.6 is 11.3 Å². The van der Waals surface area contributed by atoms with Crippen molar-refractivity contribution in [1.29, 1.82) is 0 Å². The Morgan fingerprint density at radius 1 is 0.923 bits per heavy atom. The van der Waals surface area contributed by atoms with Crippen molar-refractivity contribution in [3.8, 4) is 0 Å². The maximum atomic E-state index is 13.1. The summed E-state index contributed by atoms with van der Waals surface area (Å²) in [5.74, 6) is -1.48. The second-order valence-corrected chi connectivity index (χ2v) is 9.82. The van der Waals surface area contributed by atoms with E-state index in [4.69, 9.17) is 0 Å². The maximum Gasteiger partial charge on any atom is 0.416 e. The molecular weight excluding hydrogens is 544 g/mol. The molecule has 1 heterocycles. The van der Waals surface area contributed by atoms with Gasteiger partial charge in [-0.2, -0.15) is 31.3 Å². The molecule has 4 rings (SSSR count). The summed E-state index contributed by atoms with van der Waals surface area (Å²) in [6.07, 6.45) is -9.17. The Morgan fingerprint density at radius 3 is 2.23 bits per heavy atom. The monoisotopic (exact) mass is 565 g/mol. The summed E-state index contributed by atoms with van der Waals surface area (Å²) in [5, 5.41) is 2.60. The lowest BCUT2D eigenvalue weighted by Crippen LogP contribution is -2.34. The number of carbonyl (C=O) groups is 2. The fraction of sp³-hybridized carbons (Fsp3) is 0.222. The van der Waals surface area contributed by atoms with Crippen LogP contribution in [0.2, 0.25) is 0 Å². The maximum absolute atomic E-state index is 13.1. The molecule has 0 saturated heterocycles. The topological polar surface area (TPSA) is 63.5 Å². The molecule has 0 aliphatic heterocycles. The zero-order valence-electron chi connectivity index (χ0n) is 20.5. The first kappa shape index (κ1) is 28.1. The highest BCUT2D eigenvalue weighted by Gasteiger charge is 2.31. The Bertz CT molecular complexity index is 1620. The van der Waals surface area contributed by atoms with Gasteiger partial charge < -0.3 is 9.88 Å². The average molecular weight is 566 g/mol. The second kappa shape index (κ2) is 10.7. The zero-order valence-corrected chi connectivity index (χ0v) is 21.3. The molecule has 1 aromatic heterocycles. The van der Waals surface area contributed by atoms with Crippen LogP contribution in [0.25, 0.3) is 10.2 Å². The highest BCUT2D eigenvalue weighted by Crippen LogP contribution is 2.31. The predicted molar refractivity (Wildman–Crippen MR) is 134 cm³/mol. The van der Waals surface area contributed by atoms with Gasteiger partial charge in [0.25, 0.3) is 5.91 Å². The van der Waals surface area contributed by atoms with E-state index in [-0.39, 0.29) is 22.5 Å². The van der Waals surface area contributed by atoms with Crippen LogP contribution in [0.3, 0.4) is 0 Å². The number of amides is 2. The lowest BCUT2D eigenvalue weighted by Gasteiger charge is -2.16. The van der Waals surface area contributed by atoms with Gasteiger partial charge in [-0.1, -0.05) is 35.6 Å². The minimum Gasteiger partial charge on any atom is -0.350 e. The van der Waals surface area contributed by atoms with Crippen LogP contribution in [0.4, 0.5) is 26.3 Å². The smallest absolute Gasteiger partial charge is 0.350 e. The Morgan fingerprint density at radius 2 is 1.56 bits per heavy atom. The molecule has 0 aliphatic carbocycles. The van der Waals surface area contributed by atoms with E-state index in [1.807, 2.05) is 13.0 Å². The molecule has 4 aromatic rings. The number of nitrogens with one attached hydrogen (secondary N) is 1. The van der Waals surface area contributed by atoms with Gasteiger partial charge in [0.2, 0.25) is 5.91 Å².